The van der Waals surface area contributed by atoms with Gasteiger partial charge in [-0.05, 0) is 50.9 Å². The third kappa shape index (κ3) is 4.46. The van der Waals surface area contributed by atoms with Gasteiger partial charge in [-0.15, -0.1) is 0 Å². The van der Waals surface area contributed by atoms with Crippen molar-refractivity contribution in [2.45, 2.75) is 39.7 Å². The third-order valence-electron chi connectivity index (χ3n) is 4.80. The number of aromatic amines is 1. The minimum absolute atomic E-state index is 0.0190. The first kappa shape index (κ1) is 18.5. The first-order chi connectivity index (χ1) is 12.5. The molecule has 1 fully saturated rings. The van der Waals surface area contributed by atoms with Gasteiger partial charge < -0.3 is 9.80 Å². The molecule has 1 N–H and O–H groups in total. The maximum atomic E-state index is 13.1. The van der Waals surface area contributed by atoms with Gasteiger partial charge in [0.05, 0.1) is 0 Å². The molecule has 0 radical (unpaired) electrons. The summed E-state index contributed by atoms with van der Waals surface area (Å²) in [6.45, 7) is 9.87. The van der Waals surface area contributed by atoms with Crippen LogP contribution < -0.4 is 0 Å². The van der Waals surface area contributed by atoms with Crippen molar-refractivity contribution in [3.05, 3.63) is 41.7 Å². The topological polar surface area (TPSA) is 78.0 Å². The van der Waals surface area contributed by atoms with E-state index in [4.69, 9.17) is 0 Å². The van der Waals surface area contributed by atoms with Crippen LogP contribution in [0.4, 0.5) is 0 Å². The normalized spacial score (nSPS) is 18.9. The molecule has 1 aliphatic heterocycles. The van der Waals surface area contributed by atoms with Crippen LogP contribution in [0.15, 0.2) is 24.5 Å². The number of aryl methyl sites for hydroxylation is 1. The predicted octanol–water partition coefficient (Wildman–Crippen LogP) is 2.44. The lowest BCUT2D eigenvalue weighted by molar-refractivity contribution is 0.0664. The van der Waals surface area contributed by atoms with Gasteiger partial charge in [0.2, 0.25) is 0 Å². The molecule has 3 rings (SSSR count). The Kier molecular flexibility index (Phi) is 5.98. The van der Waals surface area contributed by atoms with E-state index in [9.17, 15) is 4.79 Å². The number of hydrogen-bond acceptors (Lipinski definition) is 5. The number of pyridine rings is 1. The van der Waals surface area contributed by atoms with Crippen molar-refractivity contribution < 1.29 is 4.79 Å². The van der Waals surface area contributed by atoms with Crippen LogP contribution in [0.1, 0.15) is 54.7 Å². The van der Waals surface area contributed by atoms with Gasteiger partial charge in [-0.25, -0.2) is 4.98 Å². The molecule has 0 spiro atoms. The van der Waals surface area contributed by atoms with Crippen LogP contribution in [-0.2, 0) is 0 Å². The van der Waals surface area contributed by atoms with Gasteiger partial charge in [0.1, 0.15) is 11.9 Å². The summed E-state index contributed by atoms with van der Waals surface area (Å²) in [5.41, 5.74) is 0.660. The third-order valence-corrected chi connectivity index (χ3v) is 4.80. The number of nitrogens with one attached hydrogen (secondary N) is 1. The fourth-order valence-electron chi connectivity index (χ4n) is 3.33. The van der Waals surface area contributed by atoms with Crippen molar-refractivity contribution in [1.29, 1.82) is 0 Å². The number of rotatable bonds is 5. The zero-order chi connectivity index (χ0) is 18.5. The average Bonchev–Trinajstić information content (AvgIpc) is 2.95. The summed E-state index contributed by atoms with van der Waals surface area (Å²) < 4.78 is 0. The molecule has 1 unspecified atom stereocenters. The lowest BCUT2D eigenvalue weighted by Crippen LogP contribution is -2.39. The van der Waals surface area contributed by atoms with E-state index in [0.29, 0.717) is 23.9 Å². The Hall–Kier alpha value is -2.28. The quantitative estimate of drug-likeness (QED) is 0.890. The summed E-state index contributed by atoms with van der Waals surface area (Å²) in [6.07, 6.45) is 5.42. The monoisotopic (exact) mass is 356 g/mol. The molecule has 1 saturated heterocycles. The number of hydrogen-bond donors (Lipinski definition) is 1. The van der Waals surface area contributed by atoms with E-state index in [1.807, 2.05) is 11.8 Å². The number of nitrogens with zero attached hydrogens (tertiary/aromatic N) is 5. The first-order valence-corrected chi connectivity index (χ1v) is 9.37. The standard InChI is InChI=1S/C19H28N6O/c1-14(2)7-12-24-10-4-11-25(19(26)16-5-8-20-9-6-16)17(13-24)18-21-15(3)22-23-18/h5-6,8-9,14,17H,4,7,10-13H2,1-3H3,(H,21,22,23). The Morgan fingerprint density at radius 1 is 1.31 bits per heavy atom. The minimum atomic E-state index is -0.143. The van der Waals surface area contributed by atoms with Crippen LogP contribution in [0.3, 0.4) is 0 Å². The molecule has 0 saturated carbocycles. The largest absolute Gasteiger partial charge is 0.327 e. The van der Waals surface area contributed by atoms with Gasteiger partial charge in [-0.1, -0.05) is 13.8 Å². The van der Waals surface area contributed by atoms with E-state index in [1.165, 1.54) is 0 Å². The number of carbonyl (C=O) groups excluding carboxylic acids is 1. The minimum Gasteiger partial charge on any atom is -0.327 e. The SMILES string of the molecule is Cc1nc(C2CN(CCC(C)C)CCCN2C(=O)c2ccncc2)n[nH]1. The van der Waals surface area contributed by atoms with Crippen LogP contribution in [0.2, 0.25) is 0 Å². The molecular formula is C19H28N6O. The molecule has 140 valence electrons. The smallest absolute Gasteiger partial charge is 0.254 e. The highest BCUT2D eigenvalue weighted by atomic mass is 16.2. The molecule has 7 heteroatoms. The Labute approximate surface area is 154 Å². The number of carbonyl (C=O) groups is 1. The second kappa shape index (κ2) is 8.40. The van der Waals surface area contributed by atoms with Crippen LogP contribution >= 0.6 is 0 Å². The van der Waals surface area contributed by atoms with Gasteiger partial charge >= 0.3 is 0 Å². The molecule has 0 aliphatic carbocycles. The molecule has 1 atom stereocenters. The van der Waals surface area contributed by atoms with Crippen molar-refractivity contribution >= 4 is 5.91 Å². The highest BCUT2D eigenvalue weighted by Gasteiger charge is 2.32. The molecule has 0 bridgehead atoms. The summed E-state index contributed by atoms with van der Waals surface area (Å²) in [5, 5.41) is 7.29. The molecule has 3 heterocycles. The Morgan fingerprint density at radius 2 is 2.08 bits per heavy atom. The van der Waals surface area contributed by atoms with Crippen LogP contribution in [0, 0.1) is 12.8 Å². The van der Waals surface area contributed by atoms with Gasteiger partial charge in [-0.3, -0.25) is 14.9 Å². The Morgan fingerprint density at radius 3 is 2.73 bits per heavy atom. The van der Waals surface area contributed by atoms with Gasteiger partial charge in [0.15, 0.2) is 5.82 Å². The fourth-order valence-corrected chi connectivity index (χ4v) is 3.33. The van der Waals surface area contributed by atoms with E-state index >= 15 is 0 Å². The lowest BCUT2D eigenvalue weighted by atomic mass is 10.1. The highest BCUT2D eigenvalue weighted by Crippen LogP contribution is 2.25. The summed E-state index contributed by atoms with van der Waals surface area (Å²) in [5.74, 6) is 2.15. The second-order valence-corrected chi connectivity index (χ2v) is 7.37. The van der Waals surface area contributed by atoms with Crippen LogP contribution in [-0.4, -0.2) is 62.1 Å². The highest BCUT2D eigenvalue weighted by molar-refractivity contribution is 5.94. The molecule has 2 aromatic heterocycles. The van der Waals surface area contributed by atoms with E-state index < -0.39 is 0 Å². The number of H-pyrrole nitrogens is 1. The van der Waals surface area contributed by atoms with Crippen LogP contribution in [0.5, 0.6) is 0 Å². The molecule has 2 aromatic rings. The van der Waals surface area contributed by atoms with E-state index in [1.54, 1.807) is 24.5 Å². The lowest BCUT2D eigenvalue weighted by Gasteiger charge is -2.30. The molecule has 1 amide bonds. The van der Waals surface area contributed by atoms with Gasteiger partial charge in [0, 0.05) is 31.0 Å². The Balaban J connectivity index is 1.85. The van der Waals surface area contributed by atoms with Gasteiger partial charge in [0.25, 0.3) is 5.91 Å². The summed E-state index contributed by atoms with van der Waals surface area (Å²) >= 11 is 0. The van der Waals surface area contributed by atoms with E-state index in [-0.39, 0.29) is 11.9 Å². The Bertz CT molecular complexity index is 714. The zero-order valence-electron chi connectivity index (χ0n) is 15.9. The summed E-state index contributed by atoms with van der Waals surface area (Å²) in [6, 6.07) is 3.39. The maximum Gasteiger partial charge on any atom is 0.254 e. The average molecular weight is 356 g/mol. The van der Waals surface area contributed by atoms with Crippen LogP contribution in [0.25, 0.3) is 0 Å². The zero-order valence-corrected chi connectivity index (χ0v) is 15.9. The van der Waals surface area contributed by atoms with Gasteiger partial charge in [-0.2, -0.15) is 5.10 Å². The molecular weight excluding hydrogens is 328 g/mol. The summed E-state index contributed by atoms with van der Waals surface area (Å²) in [7, 11) is 0. The maximum absolute atomic E-state index is 13.1. The summed E-state index contributed by atoms with van der Waals surface area (Å²) in [4.78, 5) is 26.0. The molecule has 1 aliphatic rings. The van der Waals surface area contributed by atoms with Crippen molar-refractivity contribution in [3.8, 4) is 0 Å². The van der Waals surface area contributed by atoms with Crippen molar-refractivity contribution in [1.82, 2.24) is 30.0 Å². The predicted molar refractivity (Wildman–Crippen MR) is 99.6 cm³/mol. The second-order valence-electron chi connectivity index (χ2n) is 7.37. The fraction of sp³-hybridized carbons (Fsp3) is 0.579. The van der Waals surface area contributed by atoms with Crippen molar-refractivity contribution in [2.75, 3.05) is 26.2 Å². The van der Waals surface area contributed by atoms with Crippen molar-refractivity contribution in [2.24, 2.45) is 5.92 Å². The molecule has 26 heavy (non-hydrogen) atoms. The number of aromatic nitrogens is 4. The number of amides is 1. The van der Waals surface area contributed by atoms with E-state index in [0.717, 1.165) is 38.3 Å². The van der Waals surface area contributed by atoms with E-state index in [2.05, 4.69) is 38.9 Å². The van der Waals surface area contributed by atoms with Crippen molar-refractivity contribution in [3.63, 3.8) is 0 Å². The molecule has 7 nitrogen and oxygen atoms in total. The first-order valence-electron chi connectivity index (χ1n) is 9.37. The molecule has 0 aromatic carbocycles.